The summed E-state index contributed by atoms with van der Waals surface area (Å²) in [5.41, 5.74) is 1.15. The van der Waals surface area contributed by atoms with E-state index in [2.05, 4.69) is 0 Å². The van der Waals surface area contributed by atoms with E-state index in [1.54, 1.807) is 31.2 Å². The van der Waals surface area contributed by atoms with E-state index in [0.29, 0.717) is 16.2 Å². The molecule has 2 rings (SSSR count). The van der Waals surface area contributed by atoms with Gasteiger partial charge in [0.25, 0.3) is 0 Å². The van der Waals surface area contributed by atoms with E-state index < -0.39 is 11.8 Å². The molecule has 0 N–H and O–H groups in total. The lowest BCUT2D eigenvalue weighted by molar-refractivity contribution is -0.140. The predicted molar refractivity (Wildman–Crippen MR) is 68.8 cm³/mol. The topological polar surface area (TPSA) is 26.3 Å². The fourth-order valence-electron chi connectivity index (χ4n) is 1.85. The minimum atomic E-state index is -0.880. The van der Waals surface area contributed by atoms with Crippen molar-refractivity contribution in [2.45, 2.75) is 19.8 Å². The number of hydrogen-bond acceptors (Lipinski definition) is 2. The summed E-state index contributed by atoms with van der Waals surface area (Å²) in [6.45, 7) is 1.83. The van der Waals surface area contributed by atoms with Gasteiger partial charge in [0.2, 0.25) is 5.83 Å². The number of carbonyl (C=O) groups excluding carboxylic acids is 1. The molecule has 1 aliphatic rings. The number of benzene rings is 1. The molecule has 1 aromatic carbocycles. The van der Waals surface area contributed by atoms with E-state index >= 15 is 0 Å². The van der Waals surface area contributed by atoms with Crippen molar-refractivity contribution in [2.24, 2.45) is 5.92 Å². The molecule has 0 aliphatic heterocycles. The normalized spacial score (nSPS) is 16.2. The van der Waals surface area contributed by atoms with Crippen molar-refractivity contribution >= 4 is 23.1 Å². The molecule has 2 nitrogen and oxygen atoms in total. The third kappa shape index (κ3) is 2.91. The zero-order chi connectivity index (χ0) is 13.1. The summed E-state index contributed by atoms with van der Waals surface area (Å²) in [7, 11) is 0. The second kappa shape index (κ2) is 5.53. The standard InChI is InChI=1S/C14H14ClFO2/c1-2-18-14(17)13(16)12(9-3-4-9)10-5-7-11(15)8-6-10/h5-9H,2-4H2,1H3/b13-12-. The van der Waals surface area contributed by atoms with Crippen LogP contribution in [0.1, 0.15) is 25.3 Å². The van der Waals surface area contributed by atoms with Gasteiger partial charge in [-0.2, -0.15) is 4.39 Å². The Morgan fingerprint density at radius 1 is 1.39 bits per heavy atom. The summed E-state index contributed by atoms with van der Waals surface area (Å²) < 4.78 is 18.8. The van der Waals surface area contributed by atoms with Gasteiger partial charge in [0, 0.05) is 10.6 Å². The third-order valence-electron chi connectivity index (χ3n) is 2.83. The van der Waals surface area contributed by atoms with Crippen LogP contribution in [-0.4, -0.2) is 12.6 Å². The van der Waals surface area contributed by atoms with Crippen LogP contribution in [0.5, 0.6) is 0 Å². The highest BCUT2D eigenvalue weighted by atomic mass is 35.5. The second-order valence-corrected chi connectivity index (χ2v) is 4.67. The number of hydrogen-bond donors (Lipinski definition) is 0. The van der Waals surface area contributed by atoms with E-state index in [4.69, 9.17) is 16.3 Å². The van der Waals surface area contributed by atoms with Gasteiger partial charge in [-0.15, -0.1) is 0 Å². The van der Waals surface area contributed by atoms with E-state index in [9.17, 15) is 9.18 Å². The fraction of sp³-hybridized carbons (Fsp3) is 0.357. The Balaban J connectivity index is 2.36. The highest BCUT2D eigenvalue weighted by Crippen LogP contribution is 2.44. The Morgan fingerprint density at radius 3 is 2.50 bits per heavy atom. The minimum Gasteiger partial charge on any atom is -0.461 e. The molecule has 0 unspecified atom stereocenters. The molecule has 0 amide bonds. The first kappa shape index (κ1) is 13.1. The first-order valence-corrected chi connectivity index (χ1v) is 6.34. The number of carbonyl (C=O) groups is 1. The van der Waals surface area contributed by atoms with Crippen molar-refractivity contribution in [3.8, 4) is 0 Å². The van der Waals surface area contributed by atoms with E-state index in [0.717, 1.165) is 12.8 Å². The predicted octanol–water partition coefficient (Wildman–Crippen LogP) is 3.99. The van der Waals surface area contributed by atoms with Crippen molar-refractivity contribution in [1.82, 2.24) is 0 Å². The smallest absolute Gasteiger partial charge is 0.367 e. The van der Waals surface area contributed by atoms with Gasteiger partial charge < -0.3 is 4.74 Å². The molecule has 1 fully saturated rings. The highest BCUT2D eigenvalue weighted by molar-refractivity contribution is 6.30. The summed E-state index contributed by atoms with van der Waals surface area (Å²) >= 11 is 5.80. The molecule has 0 bridgehead atoms. The van der Waals surface area contributed by atoms with Gasteiger partial charge in [0.05, 0.1) is 6.61 Å². The largest absolute Gasteiger partial charge is 0.461 e. The monoisotopic (exact) mass is 268 g/mol. The maximum atomic E-state index is 14.1. The zero-order valence-corrected chi connectivity index (χ0v) is 10.8. The number of rotatable bonds is 4. The molecule has 96 valence electrons. The van der Waals surface area contributed by atoms with Crippen LogP contribution >= 0.6 is 11.6 Å². The molecule has 1 saturated carbocycles. The lowest BCUT2D eigenvalue weighted by Crippen LogP contribution is -2.07. The maximum Gasteiger partial charge on any atom is 0.367 e. The summed E-state index contributed by atoms with van der Waals surface area (Å²) in [5.74, 6) is -1.54. The van der Waals surface area contributed by atoms with Gasteiger partial charge in [-0.05, 0) is 43.4 Å². The average Bonchev–Trinajstić information content (AvgIpc) is 3.16. The molecule has 4 heteroatoms. The molecule has 0 saturated heterocycles. The van der Waals surface area contributed by atoms with Crippen LogP contribution in [0, 0.1) is 5.92 Å². The quantitative estimate of drug-likeness (QED) is 0.610. The Hall–Kier alpha value is -1.35. The molecule has 0 atom stereocenters. The molecule has 0 radical (unpaired) electrons. The summed E-state index contributed by atoms with van der Waals surface area (Å²) in [6, 6.07) is 6.85. The fourth-order valence-corrected chi connectivity index (χ4v) is 1.97. The van der Waals surface area contributed by atoms with Gasteiger partial charge in [-0.25, -0.2) is 4.79 Å². The van der Waals surface area contributed by atoms with Gasteiger partial charge in [0.1, 0.15) is 0 Å². The van der Waals surface area contributed by atoms with Crippen LogP contribution in [0.2, 0.25) is 5.02 Å². The SMILES string of the molecule is CCOC(=O)/C(F)=C(/c1ccc(Cl)cc1)C1CC1. The van der Waals surface area contributed by atoms with Crippen molar-refractivity contribution in [3.05, 3.63) is 40.7 Å². The Morgan fingerprint density at radius 2 is 2.00 bits per heavy atom. The molecular formula is C14H14ClFO2. The Labute approximate surface area is 110 Å². The zero-order valence-electron chi connectivity index (χ0n) is 10.1. The van der Waals surface area contributed by atoms with Crippen LogP contribution in [0.4, 0.5) is 4.39 Å². The van der Waals surface area contributed by atoms with Crippen LogP contribution < -0.4 is 0 Å². The van der Waals surface area contributed by atoms with Crippen LogP contribution in [-0.2, 0) is 9.53 Å². The van der Waals surface area contributed by atoms with Gasteiger partial charge >= 0.3 is 5.97 Å². The Kier molecular flexibility index (Phi) is 4.02. The van der Waals surface area contributed by atoms with Gasteiger partial charge in [-0.1, -0.05) is 23.7 Å². The van der Waals surface area contributed by atoms with Crippen LogP contribution in [0.3, 0.4) is 0 Å². The summed E-state index contributed by atoms with van der Waals surface area (Å²) in [5, 5.41) is 0.588. The molecule has 0 spiro atoms. The van der Waals surface area contributed by atoms with Crippen LogP contribution in [0.15, 0.2) is 30.1 Å². The number of halogens is 2. The highest BCUT2D eigenvalue weighted by Gasteiger charge is 2.32. The van der Waals surface area contributed by atoms with E-state index in [-0.39, 0.29) is 12.5 Å². The van der Waals surface area contributed by atoms with Crippen LogP contribution in [0.25, 0.3) is 5.57 Å². The molecule has 18 heavy (non-hydrogen) atoms. The van der Waals surface area contributed by atoms with Gasteiger partial charge in [0.15, 0.2) is 0 Å². The average molecular weight is 269 g/mol. The lowest BCUT2D eigenvalue weighted by atomic mass is 10.0. The van der Waals surface area contributed by atoms with Crippen molar-refractivity contribution in [3.63, 3.8) is 0 Å². The second-order valence-electron chi connectivity index (χ2n) is 4.23. The van der Waals surface area contributed by atoms with Crippen molar-refractivity contribution in [2.75, 3.05) is 6.61 Å². The van der Waals surface area contributed by atoms with Crippen molar-refractivity contribution in [1.29, 1.82) is 0 Å². The third-order valence-corrected chi connectivity index (χ3v) is 3.08. The first-order chi connectivity index (χ1) is 8.63. The first-order valence-electron chi connectivity index (χ1n) is 5.96. The summed E-state index contributed by atoms with van der Waals surface area (Å²) in [4.78, 5) is 11.5. The molecule has 0 aromatic heterocycles. The van der Waals surface area contributed by atoms with Crippen molar-refractivity contribution < 1.29 is 13.9 Å². The molecular weight excluding hydrogens is 255 g/mol. The molecule has 1 aliphatic carbocycles. The lowest BCUT2D eigenvalue weighted by Gasteiger charge is -2.08. The Bertz CT molecular complexity index is 475. The molecule has 0 heterocycles. The maximum absolute atomic E-state index is 14.1. The number of ether oxygens (including phenoxy) is 1. The summed E-state index contributed by atoms with van der Waals surface area (Å²) in [6.07, 6.45) is 1.82. The molecule has 1 aromatic rings. The minimum absolute atomic E-state index is 0.121. The van der Waals surface area contributed by atoms with E-state index in [1.807, 2.05) is 0 Å². The number of allylic oxidation sites excluding steroid dienone is 1. The number of esters is 1. The van der Waals surface area contributed by atoms with Gasteiger partial charge in [-0.3, -0.25) is 0 Å². The van der Waals surface area contributed by atoms with E-state index in [1.165, 1.54) is 0 Å².